The lowest BCUT2D eigenvalue weighted by atomic mass is 10.0. The summed E-state index contributed by atoms with van der Waals surface area (Å²) in [6, 6.07) is 13.7. The van der Waals surface area contributed by atoms with Crippen LogP contribution < -0.4 is 4.74 Å². The molecule has 0 aliphatic carbocycles. The zero-order chi connectivity index (χ0) is 19.4. The average Bonchev–Trinajstić information content (AvgIpc) is 2.87. The second-order valence-corrected chi connectivity index (χ2v) is 7.65. The van der Waals surface area contributed by atoms with Crippen molar-refractivity contribution in [3.63, 3.8) is 0 Å². The molecule has 0 spiro atoms. The van der Waals surface area contributed by atoms with Gasteiger partial charge in [0.15, 0.2) is 0 Å². The topological polar surface area (TPSA) is 29.5 Å². The molecule has 2 aromatic carbocycles. The Morgan fingerprint density at radius 2 is 1.81 bits per heavy atom. The van der Waals surface area contributed by atoms with E-state index in [9.17, 15) is 18.0 Å². The fourth-order valence-corrected chi connectivity index (χ4v) is 4.52. The van der Waals surface area contributed by atoms with Crippen molar-refractivity contribution in [2.24, 2.45) is 0 Å². The zero-order valence-corrected chi connectivity index (χ0v) is 15.6. The summed E-state index contributed by atoms with van der Waals surface area (Å²) in [6.07, 6.45) is -4.08. The zero-order valence-electron chi connectivity index (χ0n) is 14.8. The number of amides is 1. The smallest absolute Gasteiger partial charge is 0.405 e. The third-order valence-electron chi connectivity index (χ3n) is 4.51. The number of hydrogen-bond donors (Lipinski definition) is 0. The van der Waals surface area contributed by atoms with Crippen molar-refractivity contribution >= 4 is 17.7 Å². The van der Waals surface area contributed by atoms with Gasteiger partial charge in [0.2, 0.25) is 0 Å². The van der Waals surface area contributed by atoms with Crippen LogP contribution in [0.15, 0.2) is 48.5 Å². The highest BCUT2D eigenvalue weighted by Gasteiger charge is 2.33. The fourth-order valence-electron chi connectivity index (χ4n) is 3.20. The number of nitrogens with zero attached hydrogens (tertiary/aromatic N) is 1. The number of hydrogen-bond acceptors (Lipinski definition) is 3. The van der Waals surface area contributed by atoms with Crippen molar-refractivity contribution in [2.45, 2.75) is 25.0 Å². The van der Waals surface area contributed by atoms with E-state index >= 15 is 0 Å². The minimum Gasteiger partial charge on any atom is -0.405 e. The van der Waals surface area contributed by atoms with Gasteiger partial charge in [0.05, 0.1) is 5.56 Å². The standard InChI is InChI=1S/C20H20F3NO2S/c1-14-6-2-3-7-15(14)18-10-11-24(12-13-27-18)19(25)16-8-4-5-9-17(16)26-20(21,22)23/h2-9,18H,10-13H2,1H3. The number of para-hydroxylation sites is 1. The van der Waals surface area contributed by atoms with Crippen LogP contribution >= 0.6 is 11.8 Å². The van der Waals surface area contributed by atoms with Gasteiger partial charge in [-0.2, -0.15) is 11.8 Å². The SMILES string of the molecule is Cc1ccccc1C1CCN(C(=O)c2ccccc2OC(F)(F)F)CCS1. The minimum atomic E-state index is -4.83. The van der Waals surface area contributed by atoms with E-state index in [-0.39, 0.29) is 10.8 Å². The van der Waals surface area contributed by atoms with Gasteiger partial charge < -0.3 is 9.64 Å². The lowest BCUT2D eigenvalue weighted by Gasteiger charge is -2.22. The summed E-state index contributed by atoms with van der Waals surface area (Å²) in [5, 5.41) is 0.269. The van der Waals surface area contributed by atoms with Crippen molar-refractivity contribution < 1.29 is 22.7 Å². The third kappa shape index (κ3) is 4.97. The summed E-state index contributed by atoms with van der Waals surface area (Å²) >= 11 is 1.78. The van der Waals surface area contributed by atoms with E-state index in [1.165, 1.54) is 29.3 Å². The molecule has 1 atom stereocenters. The number of rotatable bonds is 3. The number of benzene rings is 2. The van der Waals surface area contributed by atoms with Crippen LogP contribution in [0.25, 0.3) is 0 Å². The molecule has 1 aliphatic rings. The third-order valence-corrected chi connectivity index (χ3v) is 5.82. The summed E-state index contributed by atoms with van der Waals surface area (Å²) in [4.78, 5) is 14.5. The van der Waals surface area contributed by atoms with Crippen molar-refractivity contribution in [2.75, 3.05) is 18.8 Å². The van der Waals surface area contributed by atoms with Crippen molar-refractivity contribution in [3.8, 4) is 5.75 Å². The predicted molar refractivity (Wildman–Crippen MR) is 100 cm³/mol. The summed E-state index contributed by atoms with van der Waals surface area (Å²) in [5.74, 6) is -0.157. The molecule has 7 heteroatoms. The van der Waals surface area contributed by atoms with E-state index in [0.717, 1.165) is 12.2 Å². The molecule has 0 saturated carbocycles. The monoisotopic (exact) mass is 395 g/mol. The maximum Gasteiger partial charge on any atom is 0.573 e. The van der Waals surface area contributed by atoms with Gasteiger partial charge in [0, 0.05) is 24.1 Å². The average molecular weight is 395 g/mol. The minimum absolute atomic E-state index is 0.0610. The Hall–Kier alpha value is -2.15. The van der Waals surface area contributed by atoms with E-state index in [2.05, 4.69) is 23.8 Å². The quantitative estimate of drug-likeness (QED) is 0.714. The molecule has 3 rings (SSSR count). The first-order chi connectivity index (χ1) is 12.8. The Labute approximate surface area is 160 Å². The maximum absolute atomic E-state index is 12.8. The van der Waals surface area contributed by atoms with Gasteiger partial charge in [-0.1, -0.05) is 36.4 Å². The van der Waals surface area contributed by atoms with E-state index in [0.29, 0.717) is 13.1 Å². The van der Waals surface area contributed by atoms with Gasteiger partial charge >= 0.3 is 6.36 Å². The van der Waals surface area contributed by atoms with E-state index in [1.807, 2.05) is 12.1 Å². The molecule has 27 heavy (non-hydrogen) atoms. The summed E-state index contributed by atoms with van der Waals surface area (Å²) in [7, 11) is 0. The van der Waals surface area contributed by atoms with E-state index in [1.54, 1.807) is 22.7 Å². The lowest BCUT2D eigenvalue weighted by Crippen LogP contribution is -2.33. The highest BCUT2D eigenvalue weighted by Crippen LogP contribution is 2.36. The molecule has 0 N–H and O–H groups in total. The second-order valence-electron chi connectivity index (χ2n) is 6.34. The number of ether oxygens (including phenoxy) is 1. The van der Waals surface area contributed by atoms with Crippen LogP contribution in [0.1, 0.15) is 33.2 Å². The van der Waals surface area contributed by atoms with Gasteiger partial charge in [-0.15, -0.1) is 13.2 Å². The van der Waals surface area contributed by atoms with Crippen LogP contribution in [-0.2, 0) is 0 Å². The van der Waals surface area contributed by atoms with E-state index < -0.39 is 18.0 Å². The molecule has 1 heterocycles. The molecule has 2 aromatic rings. The first kappa shape index (κ1) is 19.6. The molecule has 1 saturated heterocycles. The molecule has 1 amide bonds. The van der Waals surface area contributed by atoms with Crippen LogP contribution in [0.3, 0.4) is 0 Å². The maximum atomic E-state index is 12.8. The van der Waals surface area contributed by atoms with Crippen LogP contribution in [0.2, 0.25) is 0 Å². The first-order valence-corrected chi connectivity index (χ1v) is 9.71. The number of aryl methyl sites for hydroxylation is 1. The Bertz CT molecular complexity index is 810. The highest BCUT2D eigenvalue weighted by molar-refractivity contribution is 7.99. The molecule has 0 bridgehead atoms. The molecule has 3 nitrogen and oxygen atoms in total. The Morgan fingerprint density at radius 1 is 1.11 bits per heavy atom. The van der Waals surface area contributed by atoms with Gasteiger partial charge in [-0.05, 0) is 36.6 Å². The van der Waals surface area contributed by atoms with Gasteiger partial charge in [0.1, 0.15) is 5.75 Å². The van der Waals surface area contributed by atoms with Gasteiger partial charge in [-0.25, -0.2) is 0 Å². The van der Waals surface area contributed by atoms with Crippen LogP contribution in [0.5, 0.6) is 5.75 Å². The van der Waals surface area contributed by atoms with Crippen molar-refractivity contribution in [1.82, 2.24) is 4.90 Å². The van der Waals surface area contributed by atoms with Crippen molar-refractivity contribution in [3.05, 3.63) is 65.2 Å². The van der Waals surface area contributed by atoms with Crippen LogP contribution in [0.4, 0.5) is 13.2 Å². The Kier molecular flexibility index (Phi) is 5.99. The molecule has 0 aromatic heterocycles. The van der Waals surface area contributed by atoms with E-state index in [4.69, 9.17) is 0 Å². The lowest BCUT2D eigenvalue weighted by molar-refractivity contribution is -0.274. The van der Waals surface area contributed by atoms with Crippen LogP contribution in [-0.4, -0.2) is 36.0 Å². The molecule has 0 radical (unpaired) electrons. The summed E-state index contributed by atoms with van der Waals surface area (Å²) < 4.78 is 41.9. The van der Waals surface area contributed by atoms with Crippen molar-refractivity contribution in [1.29, 1.82) is 0 Å². The molecular formula is C20H20F3NO2S. The second kappa shape index (κ2) is 8.25. The normalized spacial score (nSPS) is 18.1. The van der Waals surface area contributed by atoms with Gasteiger partial charge in [0.25, 0.3) is 5.91 Å². The van der Waals surface area contributed by atoms with Crippen LogP contribution in [0, 0.1) is 6.92 Å². The number of carbonyl (C=O) groups excluding carboxylic acids is 1. The molecule has 1 fully saturated rings. The first-order valence-electron chi connectivity index (χ1n) is 8.66. The number of thioether (sulfide) groups is 1. The summed E-state index contributed by atoms with van der Waals surface area (Å²) in [6.45, 7) is 3.05. The molecule has 1 aliphatic heterocycles. The molecular weight excluding hydrogens is 375 g/mol. The predicted octanol–water partition coefficient (Wildman–Crippen LogP) is 5.21. The number of alkyl halides is 3. The molecule has 1 unspecified atom stereocenters. The Balaban J connectivity index is 1.75. The fraction of sp³-hybridized carbons (Fsp3) is 0.350. The largest absolute Gasteiger partial charge is 0.573 e. The highest BCUT2D eigenvalue weighted by atomic mass is 32.2. The number of carbonyl (C=O) groups is 1. The molecule has 144 valence electrons. The number of halogens is 3. The Morgan fingerprint density at radius 3 is 2.56 bits per heavy atom. The summed E-state index contributed by atoms with van der Waals surface area (Å²) in [5.41, 5.74) is 2.39. The van der Waals surface area contributed by atoms with Gasteiger partial charge in [-0.3, -0.25) is 4.79 Å².